The van der Waals surface area contributed by atoms with E-state index in [9.17, 15) is 13.2 Å². The first-order valence-electron chi connectivity index (χ1n) is 10.2. The molecule has 162 valence electrons. The molecule has 4 rings (SSSR count). The molecule has 1 aliphatic heterocycles. The number of anilines is 1. The van der Waals surface area contributed by atoms with Gasteiger partial charge in [0.05, 0.1) is 15.6 Å². The van der Waals surface area contributed by atoms with E-state index in [2.05, 4.69) is 10.3 Å². The van der Waals surface area contributed by atoms with Gasteiger partial charge in [-0.15, -0.1) is 11.3 Å². The fraction of sp³-hybridized carbons (Fsp3) is 0.304. The summed E-state index contributed by atoms with van der Waals surface area (Å²) in [5.74, 6) is -0.284. The lowest BCUT2D eigenvalue weighted by Gasteiger charge is -2.30. The fourth-order valence-corrected chi connectivity index (χ4v) is 5.81. The number of hydrogen-bond acceptors (Lipinski definition) is 5. The number of sulfonamides is 1. The van der Waals surface area contributed by atoms with Crippen LogP contribution in [0.3, 0.4) is 0 Å². The Morgan fingerprint density at radius 3 is 2.45 bits per heavy atom. The number of benzene rings is 2. The summed E-state index contributed by atoms with van der Waals surface area (Å²) >= 11 is 1.59. The van der Waals surface area contributed by atoms with E-state index in [1.165, 1.54) is 4.31 Å². The molecule has 6 nitrogen and oxygen atoms in total. The van der Waals surface area contributed by atoms with Crippen molar-refractivity contribution in [2.24, 2.45) is 5.92 Å². The van der Waals surface area contributed by atoms with E-state index in [4.69, 9.17) is 0 Å². The predicted octanol–water partition coefficient (Wildman–Crippen LogP) is 4.47. The number of piperidine rings is 1. The van der Waals surface area contributed by atoms with Crippen molar-refractivity contribution in [1.82, 2.24) is 9.29 Å². The highest BCUT2D eigenvalue weighted by molar-refractivity contribution is 7.89. The Hall–Kier alpha value is -2.55. The maximum atomic E-state index is 12.9. The van der Waals surface area contributed by atoms with Gasteiger partial charge in [-0.3, -0.25) is 4.79 Å². The van der Waals surface area contributed by atoms with E-state index in [-0.39, 0.29) is 11.8 Å². The lowest BCUT2D eigenvalue weighted by molar-refractivity contribution is -0.120. The van der Waals surface area contributed by atoms with E-state index in [0.29, 0.717) is 30.8 Å². The molecule has 0 aliphatic carbocycles. The van der Waals surface area contributed by atoms with Gasteiger partial charge in [0, 0.05) is 35.6 Å². The standard InChI is InChI=1S/C23H25N3O3S2/c1-16-6-8-21(9-7-16)31(28,29)26-12-10-18(11-13-26)23(27)25-20-5-3-4-19(14-20)22-15-30-17(2)24-22/h3-9,14-15,18H,10-13H2,1-2H3,(H,25,27). The average molecular weight is 456 g/mol. The van der Waals surface area contributed by atoms with Crippen molar-refractivity contribution >= 4 is 33.0 Å². The number of nitrogens with zero attached hydrogens (tertiary/aromatic N) is 2. The van der Waals surface area contributed by atoms with Gasteiger partial charge in [0.15, 0.2) is 0 Å². The van der Waals surface area contributed by atoms with Gasteiger partial charge in [-0.1, -0.05) is 29.8 Å². The van der Waals surface area contributed by atoms with E-state index < -0.39 is 10.0 Å². The smallest absolute Gasteiger partial charge is 0.243 e. The molecule has 0 unspecified atom stereocenters. The molecule has 1 fully saturated rings. The van der Waals surface area contributed by atoms with Gasteiger partial charge < -0.3 is 5.32 Å². The molecule has 1 aromatic heterocycles. The van der Waals surface area contributed by atoms with Gasteiger partial charge in [0.2, 0.25) is 15.9 Å². The molecule has 0 bridgehead atoms. The second kappa shape index (κ2) is 8.90. The zero-order chi connectivity index (χ0) is 22.0. The molecule has 0 radical (unpaired) electrons. The fourth-order valence-electron chi connectivity index (χ4n) is 3.71. The summed E-state index contributed by atoms with van der Waals surface area (Å²) in [7, 11) is -3.53. The molecular weight excluding hydrogens is 430 g/mol. The average Bonchev–Trinajstić information content (AvgIpc) is 3.21. The number of carbonyl (C=O) groups is 1. The van der Waals surface area contributed by atoms with Crippen LogP contribution >= 0.6 is 11.3 Å². The van der Waals surface area contributed by atoms with Crippen molar-refractivity contribution in [1.29, 1.82) is 0 Å². The Labute approximate surface area is 187 Å². The van der Waals surface area contributed by atoms with Crippen molar-refractivity contribution in [3.05, 3.63) is 64.5 Å². The maximum absolute atomic E-state index is 12.9. The summed E-state index contributed by atoms with van der Waals surface area (Å²) in [5, 5.41) is 5.99. The van der Waals surface area contributed by atoms with Crippen molar-refractivity contribution in [2.45, 2.75) is 31.6 Å². The molecule has 1 saturated heterocycles. The molecule has 8 heteroatoms. The normalized spacial score (nSPS) is 15.7. The van der Waals surface area contributed by atoms with Crippen LogP contribution in [0.15, 0.2) is 58.8 Å². The first kappa shape index (κ1) is 21.7. The SMILES string of the molecule is Cc1ccc(S(=O)(=O)N2CCC(C(=O)Nc3cccc(-c4csc(C)n4)c3)CC2)cc1. The van der Waals surface area contributed by atoms with Crippen molar-refractivity contribution in [3.63, 3.8) is 0 Å². The molecule has 2 heterocycles. The van der Waals surface area contributed by atoms with Crippen LogP contribution in [0.5, 0.6) is 0 Å². The third-order valence-corrected chi connectivity index (χ3v) is 8.21. The Morgan fingerprint density at radius 1 is 1.10 bits per heavy atom. The molecule has 2 aromatic carbocycles. The van der Waals surface area contributed by atoms with E-state index in [0.717, 1.165) is 27.5 Å². The van der Waals surface area contributed by atoms with E-state index in [1.54, 1.807) is 35.6 Å². The first-order valence-corrected chi connectivity index (χ1v) is 12.5. The number of aromatic nitrogens is 1. The van der Waals surface area contributed by atoms with Gasteiger partial charge in [0.1, 0.15) is 0 Å². The van der Waals surface area contributed by atoms with Crippen molar-refractivity contribution in [3.8, 4) is 11.3 Å². The Bertz CT molecular complexity index is 1180. The van der Waals surface area contributed by atoms with Crippen LogP contribution in [0.2, 0.25) is 0 Å². The summed E-state index contributed by atoms with van der Waals surface area (Å²) in [6.45, 7) is 4.57. The summed E-state index contributed by atoms with van der Waals surface area (Å²) in [6, 6.07) is 14.5. The van der Waals surface area contributed by atoms with Crippen LogP contribution in [0.1, 0.15) is 23.4 Å². The van der Waals surface area contributed by atoms with Gasteiger partial charge in [-0.25, -0.2) is 13.4 Å². The monoisotopic (exact) mass is 455 g/mol. The maximum Gasteiger partial charge on any atom is 0.243 e. The molecule has 0 atom stereocenters. The van der Waals surface area contributed by atoms with Crippen molar-refractivity contribution in [2.75, 3.05) is 18.4 Å². The van der Waals surface area contributed by atoms with Crippen LogP contribution in [0.25, 0.3) is 11.3 Å². The second-order valence-electron chi connectivity index (χ2n) is 7.81. The zero-order valence-corrected chi connectivity index (χ0v) is 19.2. The third kappa shape index (κ3) is 4.87. The minimum absolute atomic E-state index is 0.0704. The summed E-state index contributed by atoms with van der Waals surface area (Å²) < 4.78 is 27.2. The van der Waals surface area contributed by atoms with Gasteiger partial charge in [-0.2, -0.15) is 4.31 Å². The van der Waals surface area contributed by atoms with Crippen LogP contribution in [0, 0.1) is 19.8 Å². The van der Waals surface area contributed by atoms with Gasteiger partial charge in [0.25, 0.3) is 0 Å². The lowest BCUT2D eigenvalue weighted by Crippen LogP contribution is -2.41. The minimum Gasteiger partial charge on any atom is -0.326 e. The number of nitrogens with one attached hydrogen (secondary N) is 1. The lowest BCUT2D eigenvalue weighted by atomic mass is 9.97. The predicted molar refractivity (Wildman–Crippen MR) is 124 cm³/mol. The quantitative estimate of drug-likeness (QED) is 0.616. The number of amides is 1. The largest absolute Gasteiger partial charge is 0.326 e. The number of carbonyl (C=O) groups excluding carboxylic acids is 1. The highest BCUT2D eigenvalue weighted by Gasteiger charge is 2.32. The number of thiazole rings is 1. The molecule has 1 amide bonds. The molecule has 1 N–H and O–H groups in total. The Balaban J connectivity index is 1.38. The van der Waals surface area contributed by atoms with Crippen LogP contribution in [-0.4, -0.2) is 36.7 Å². The van der Waals surface area contributed by atoms with E-state index >= 15 is 0 Å². The number of hydrogen-bond donors (Lipinski definition) is 1. The summed E-state index contributed by atoms with van der Waals surface area (Å²) in [5.41, 5.74) is 3.60. The summed E-state index contributed by atoms with van der Waals surface area (Å²) in [4.78, 5) is 17.6. The van der Waals surface area contributed by atoms with Crippen LogP contribution in [-0.2, 0) is 14.8 Å². The molecule has 1 aliphatic rings. The van der Waals surface area contributed by atoms with Gasteiger partial charge >= 0.3 is 0 Å². The molecule has 0 saturated carbocycles. The molecular formula is C23H25N3O3S2. The minimum atomic E-state index is -3.53. The van der Waals surface area contributed by atoms with Crippen LogP contribution < -0.4 is 5.32 Å². The Kier molecular flexibility index (Phi) is 6.22. The number of aryl methyl sites for hydroxylation is 2. The topological polar surface area (TPSA) is 79.4 Å². The van der Waals surface area contributed by atoms with E-state index in [1.807, 2.05) is 43.5 Å². The molecule has 0 spiro atoms. The zero-order valence-electron chi connectivity index (χ0n) is 17.5. The third-order valence-electron chi connectivity index (χ3n) is 5.53. The highest BCUT2D eigenvalue weighted by Crippen LogP contribution is 2.27. The second-order valence-corrected chi connectivity index (χ2v) is 10.8. The Morgan fingerprint density at radius 2 is 1.81 bits per heavy atom. The van der Waals surface area contributed by atoms with Gasteiger partial charge in [-0.05, 0) is 51.0 Å². The molecule has 31 heavy (non-hydrogen) atoms. The van der Waals surface area contributed by atoms with Crippen LogP contribution in [0.4, 0.5) is 5.69 Å². The molecule has 3 aromatic rings. The first-order chi connectivity index (χ1) is 14.8. The summed E-state index contributed by atoms with van der Waals surface area (Å²) in [6.07, 6.45) is 1.00. The highest BCUT2D eigenvalue weighted by atomic mass is 32.2. The number of rotatable bonds is 5. The van der Waals surface area contributed by atoms with Crippen molar-refractivity contribution < 1.29 is 13.2 Å².